The fraction of sp³-hybridized carbons (Fsp3) is 0.0909. The molecular formula is C11H9ClN2. The number of alkyl halides is 1. The molecule has 0 aromatic carbocycles. The molecular weight excluding hydrogens is 196 g/mol. The molecule has 0 radical (unpaired) electrons. The van der Waals surface area contributed by atoms with Crippen molar-refractivity contribution in [1.82, 2.24) is 9.97 Å². The van der Waals surface area contributed by atoms with E-state index in [4.69, 9.17) is 11.6 Å². The summed E-state index contributed by atoms with van der Waals surface area (Å²) in [5.74, 6) is 0.439. The van der Waals surface area contributed by atoms with E-state index >= 15 is 0 Å². The van der Waals surface area contributed by atoms with E-state index in [1.807, 2.05) is 30.5 Å². The van der Waals surface area contributed by atoms with Crippen molar-refractivity contribution in [2.24, 2.45) is 0 Å². The van der Waals surface area contributed by atoms with E-state index < -0.39 is 0 Å². The van der Waals surface area contributed by atoms with Crippen LogP contribution in [0.5, 0.6) is 0 Å². The highest BCUT2D eigenvalue weighted by Crippen LogP contribution is 2.18. The van der Waals surface area contributed by atoms with Crippen LogP contribution in [0.2, 0.25) is 0 Å². The topological polar surface area (TPSA) is 25.8 Å². The van der Waals surface area contributed by atoms with E-state index in [2.05, 4.69) is 9.97 Å². The summed E-state index contributed by atoms with van der Waals surface area (Å²) in [6.07, 6.45) is 5.35. The summed E-state index contributed by atoms with van der Waals surface area (Å²) in [5.41, 5.74) is 3.07. The minimum Gasteiger partial charge on any atom is -0.264 e. The van der Waals surface area contributed by atoms with Gasteiger partial charge in [-0.3, -0.25) is 9.97 Å². The number of halogens is 1. The Morgan fingerprint density at radius 1 is 1.14 bits per heavy atom. The third-order valence-corrected chi connectivity index (χ3v) is 2.22. The van der Waals surface area contributed by atoms with Crippen LogP contribution in [0.3, 0.4) is 0 Å². The number of nitrogens with zero attached hydrogens (tertiary/aromatic N) is 2. The molecule has 0 N–H and O–H groups in total. The maximum absolute atomic E-state index is 5.71. The molecule has 14 heavy (non-hydrogen) atoms. The van der Waals surface area contributed by atoms with Crippen LogP contribution >= 0.6 is 11.6 Å². The quantitative estimate of drug-likeness (QED) is 0.703. The highest BCUT2D eigenvalue weighted by Gasteiger charge is 1.98. The van der Waals surface area contributed by atoms with Crippen LogP contribution in [-0.4, -0.2) is 9.97 Å². The van der Waals surface area contributed by atoms with E-state index in [1.54, 1.807) is 12.4 Å². The number of rotatable bonds is 2. The van der Waals surface area contributed by atoms with Gasteiger partial charge in [-0.2, -0.15) is 0 Å². The molecule has 0 aliphatic rings. The summed E-state index contributed by atoms with van der Waals surface area (Å²) in [6.45, 7) is 0. The van der Waals surface area contributed by atoms with Crippen molar-refractivity contribution in [3.05, 3.63) is 48.5 Å². The van der Waals surface area contributed by atoms with E-state index in [0.29, 0.717) is 5.88 Å². The van der Waals surface area contributed by atoms with Crippen molar-refractivity contribution in [2.45, 2.75) is 5.88 Å². The van der Waals surface area contributed by atoms with Crippen LogP contribution in [0.4, 0.5) is 0 Å². The van der Waals surface area contributed by atoms with Crippen molar-refractivity contribution in [3.8, 4) is 11.1 Å². The van der Waals surface area contributed by atoms with E-state index in [9.17, 15) is 0 Å². The molecule has 2 aromatic rings. The molecule has 0 saturated carbocycles. The molecule has 0 spiro atoms. The van der Waals surface area contributed by atoms with Crippen LogP contribution in [0.25, 0.3) is 11.1 Å². The van der Waals surface area contributed by atoms with Crippen molar-refractivity contribution < 1.29 is 0 Å². The highest BCUT2D eigenvalue weighted by atomic mass is 35.5. The van der Waals surface area contributed by atoms with Crippen LogP contribution in [0.1, 0.15) is 5.69 Å². The van der Waals surface area contributed by atoms with Gasteiger partial charge in [0.05, 0.1) is 11.6 Å². The lowest BCUT2D eigenvalue weighted by Gasteiger charge is -2.01. The fourth-order valence-electron chi connectivity index (χ4n) is 1.26. The van der Waals surface area contributed by atoms with Gasteiger partial charge >= 0.3 is 0 Å². The zero-order valence-electron chi connectivity index (χ0n) is 7.52. The fourth-order valence-corrected chi connectivity index (χ4v) is 1.41. The van der Waals surface area contributed by atoms with Gasteiger partial charge in [-0.05, 0) is 23.8 Å². The Labute approximate surface area is 87.6 Å². The Morgan fingerprint density at radius 2 is 2.07 bits per heavy atom. The monoisotopic (exact) mass is 204 g/mol. The lowest BCUT2D eigenvalue weighted by Crippen LogP contribution is -1.86. The van der Waals surface area contributed by atoms with E-state index in [1.165, 1.54) is 0 Å². The lowest BCUT2D eigenvalue weighted by molar-refractivity contribution is 1.17. The molecule has 0 fully saturated rings. The second-order valence-corrected chi connectivity index (χ2v) is 3.18. The standard InChI is InChI=1S/C11H9ClN2/c12-7-11-6-9(3-5-14-11)10-2-1-4-13-8-10/h1-6,8H,7H2. The van der Waals surface area contributed by atoms with Crippen LogP contribution < -0.4 is 0 Å². The third kappa shape index (κ3) is 1.91. The van der Waals surface area contributed by atoms with Crippen molar-refractivity contribution in [2.75, 3.05) is 0 Å². The van der Waals surface area contributed by atoms with Gasteiger partial charge in [-0.25, -0.2) is 0 Å². The third-order valence-electron chi connectivity index (χ3n) is 1.95. The molecule has 3 heteroatoms. The van der Waals surface area contributed by atoms with Crippen LogP contribution in [0.15, 0.2) is 42.9 Å². The molecule has 2 aromatic heterocycles. The maximum atomic E-state index is 5.71. The molecule has 0 aliphatic heterocycles. The molecule has 2 nitrogen and oxygen atoms in total. The average Bonchev–Trinajstić information content (AvgIpc) is 2.30. The van der Waals surface area contributed by atoms with Gasteiger partial charge in [0.25, 0.3) is 0 Å². The molecule has 0 bridgehead atoms. The van der Waals surface area contributed by atoms with Crippen molar-refractivity contribution in [1.29, 1.82) is 0 Å². The van der Waals surface area contributed by atoms with E-state index in [0.717, 1.165) is 16.8 Å². The summed E-state index contributed by atoms with van der Waals surface area (Å²) in [6, 6.07) is 7.85. The highest BCUT2D eigenvalue weighted by molar-refractivity contribution is 6.16. The Hall–Kier alpha value is -1.41. The first kappa shape index (κ1) is 9.16. The number of hydrogen-bond donors (Lipinski definition) is 0. The predicted octanol–water partition coefficient (Wildman–Crippen LogP) is 2.88. The summed E-state index contributed by atoms with van der Waals surface area (Å²) in [5, 5.41) is 0. The lowest BCUT2D eigenvalue weighted by atomic mass is 10.1. The largest absolute Gasteiger partial charge is 0.264 e. The van der Waals surface area contributed by atoms with Crippen molar-refractivity contribution >= 4 is 11.6 Å². The van der Waals surface area contributed by atoms with Crippen molar-refractivity contribution in [3.63, 3.8) is 0 Å². The smallest absolute Gasteiger partial charge is 0.0647 e. The van der Waals surface area contributed by atoms with Gasteiger partial charge in [0.15, 0.2) is 0 Å². The predicted molar refractivity (Wildman–Crippen MR) is 57.0 cm³/mol. The van der Waals surface area contributed by atoms with Crippen LogP contribution in [0, 0.1) is 0 Å². The molecule has 2 heterocycles. The normalized spacial score (nSPS) is 10.1. The maximum Gasteiger partial charge on any atom is 0.0647 e. The molecule has 0 saturated heterocycles. The summed E-state index contributed by atoms with van der Waals surface area (Å²) >= 11 is 5.71. The Morgan fingerprint density at radius 3 is 2.79 bits per heavy atom. The molecule has 0 atom stereocenters. The van der Waals surface area contributed by atoms with Gasteiger partial charge in [0.2, 0.25) is 0 Å². The van der Waals surface area contributed by atoms with Gasteiger partial charge in [-0.1, -0.05) is 6.07 Å². The molecule has 0 unspecified atom stereocenters. The van der Waals surface area contributed by atoms with E-state index in [-0.39, 0.29) is 0 Å². The second kappa shape index (κ2) is 4.20. The van der Waals surface area contributed by atoms with Crippen LogP contribution in [-0.2, 0) is 5.88 Å². The molecule has 0 aliphatic carbocycles. The minimum atomic E-state index is 0.439. The number of aromatic nitrogens is 2. The molecule has 0 amide bonds. The van der Waals surface area contributed by atoms with Gasteiger partial charge in [0, 0.05) is 24.2 Å². The Kier molecular flexibility index (Phi) is 2.75. The SMILES string of the molecule is ClCc1cc(-c2cccnc2)ccn1. The first-order valence-corrected chi connectivity index (χ1v) is 4.85. The van der Waals surface area contributed by atoms with Gasteiger partial charge in [-0.15, -0.1) is 11.6 Å². The Bertz CT molecular complexity index is 415. The minimum absolute atomic E-state index is 0.439. The molecule has 70 valence electrons. The molecule has 2 rings (SSSR count). The first-order valence-electron chi connectivity index (χ1n) is 4.31. The summed E-state index contributed by atoms with van der Waals surface area (Å²) < 4.78 is 0. The summed E-state index contributed by atoms with van der Waals surface area (Å²) in [7, 11) is 0. The number of pyridine rings is 2. The first-order chi connectivity index (χ1) is 6.90. The van der Waals surface area contributed by atoms with Gasteiger partial charge in [0.1, 0.15) is 0 Å². The Balaban J connectivity index is 2.42. The second-order valence-electron chi connectivity index (χ2n) is 2.91. The van der Waals surface area contributed by atoms with Gasteiger partial charge < -0.3 is 0 Å². The summed E-state index contributed by atoms with van der Waals surface area (Å²) in [4.78, 5) is 8.19. The number of hydrogen-bond acceptors (Lipinski definition) is 2. The zero-order chi connectivity index (χ0) is 9.80. The average molecular weight is 205 g/mol. The zero-order valence-corrected chi connectivity index (χ0v) is 8.28.